The molecule has 16 heavy (non-hydrogen) atoms. The molecule has 0 unspecified atom stereocenters. The van der Waals surface area contributed by atoms with Crippen LogP contribution in [-0.2, 0) is 0 Å². The number of nitro groups is 1. The first-order chi connectivity index (χ1) is 7.54. The summed E-state index contributed by atoms with van der Waals surface area (Å²) in [6.45, 7) is 1.80. The first kappa shape index (κ1) is 12.9. The first-order valence-electron chi connectivity index (χ1n) is 4.66. The lowest BCUT2D eigenvalue weighted by Crippen LogP contribution is -2.18. The Hall–Kier alpha value is -1.14. The van der Waals surface area contributed by atoms with Crippen LogP contribution in [0.2, 0.25) is 0 Å². The Morgan fingerprint density at radius 1 is 1.62 bits per heavy atom. The van der Waals surface area contributed by atoms with E-state index in [2.05, 4.69) is 15.9 Å². The number of nitrogens with zero attached hydrogens (tertiary/aromatic N) is 1. The molecule has 1 rings (SSSR count). The average Bonchev–Trinajstić information content (AvgIpc) is 2.25. The van der Waals surface area contributed by atoms with Gasteiger partial charge in [-0.05, 0) is 19.1 Å². The summed E-state index contributed by atoms with van der Waals surface area (Å²) in [5, 5.41) is 20.2. The highest BCUT2D eigenvalue weighted by Crippen LogP contribution is 2.23. The molecule has 0 radical (unpaired) electrons. The maximum atomic E-state index is 10.6. The van der Waals surface area contributed by atoms with Crippen LogP contribution in [0.4, 0.5) is 5.69 Å². The van der Waals surface area contributed by atoms with Crippen LogP contribution in [0.15, 0.2) is 18.2 Å². The van der Waals surface area contributed by atoms with Gasteiger partial charge in [0.15, 0.2) is 0 Å². The van der Waals surface area contributed by atoms with Gasteiger partial charge in [-0.2, -0.15) is 0 Å². The number of aliphatic hydroxyl groups excluding tert-OH is 1. The highest BCUT2D eigenvalue weighted by Gasteiger charge is 2.11. The van der Waals surface area contributed by atoms with E-state index in [1.165, 1.54) is 12.1 Å². The minimum Gasteiger partial charge on any atom is -0.491 e. The zero-order chi connectivity index (χ0) is 12.1. The number of aryl methyl sites for hydroxylation is 1. The Morgan fingerprint density at radius 2 is 2.31 bits per heavy atom. The van der Waals surface area contributed by atoms with Crippen LogP contribution in [-0.4, -0.2) is 28.1 Å². The van der Waals surface area contributed by atoms with Crippen LogP contribution in [0.3, 0.4) is 0 Å². The zero-order valence-corrected chi connectivity index (χ0v) is 10.3. The van der Waals surface area contributed by atoms with E-state index in [1.807, 2.05) is 0 Å². The summed E-state index contributed by atoms with van der Waals surface area (Å²) in [5.74, 6) is 0.517. The second kappa shape index (κ2) is 5.81. The molecule has 0 fully saturated rings. The molecule has 0 bridgehead atoms. The summed E-state index contributed by atoms with van der Waals surface area (Å²) in [4.78, 5) is 10.1. The Bertz CT molecular complexity index is 383. The van der Waals surface area contributed by atoms with Gasteiger partial charge in [-0.15, -0.1) is 0 Å². The van der Waals surface area contributed by atoms with Crippen molar-refractivity contribution in [2.24, 2.45) is 0 Å². The van der Waals surface area contributed by atoms with E-state index in [0.29, 0.717) is 16.6 Å². The smallest absolute Gasteiger partial charge is 0.272 e. The molecule has 0 amide bonds. The summed E-state index contributed by atoms with van der Waals surface area (Å²) in [5.41, 5.74) is 0.601. The number of hydrogen-bond acceptors (Lipinski definition) is 4. The molecule has 6 heteroatoms. The van der Waals surface area contributed by atoms with Crippen molar-refractivity contribution in [1.29, 1.82) is 0 Å². The standard InChI is InChI=1S/C10H12BrNO4/c1-7-4-9(16-6-8(13)5-11)2-3-10(7)12(14)15/h2-4,8,13H,5-6H2,1H3/t8-/m0/s1. The van der Waals surface area contributed by atoms with Crippen LogP contribution < -0.4 is 4.74 Å². The number of rotatable bonds is 5. The van der Waals surface area contributed by atoms with Gasteiger partial charge in [0, 0.05) is 17.0 Å². The molecular weight excluding hydrogens is 278 g/mol. The van der Waals surface area contributed by atoms with E-state index in [1.54, 1.807) is 13.0 Å². The van der Waals surface area contributed by atoms with Gasteiger partial charge in [0.2, 0.25) is 0 Å². The quantitative estimate of drug-likeness (QED) is 0.511. The lowest BCUT2D eigenvalue weighted by atomic mass is 10.2. The van der Waals surface area contributed by atoms with Crippen molar-refractivity contribution < 1.29 is 14.8 Å². The molecule has 1 N–H and O–H groups in total. The summed E-state index contributed by atoms with van der Waals surface area (Å²) < 4.78 is 5.27. The predicted octanol–water partition coefficient (Wildman–Crippen LogP) is 2.04. The number of alkyl halides is 1. The molecule has 88 valence electrons. The lowest BCUT2D eigenvalue weighted by Gasteiger charge is -2.10. The number of nitro benzene ring substituents is 1. The van der Waals surface area contributed by atoms with E-state index in [4.69, 9.17) is 4.74 Å². The van der Waals surface area contributed by atoms with Crippen molar-refractivity contribution in [3.05, 3.63) is 33.9 Å². The van der Waals surface area contributed by atoms with Gasteiger partial charge in [-0.3, -0.25) is 10.1 Å². The molecule has 0 saturated heterocycles. The van der Waals surface area contributed by atoms with Gasteiger partial charge in [0.05, 0.1) is 11.0 Å². The molecule has 0 aliphatic rings. The SMILES string of the molecule is Cc1cc(OC[C@@H](O)CBr)ccc1[N+](=O)[O-]. The van der Waals surface area contributed by atoms with Crippen molar-refractivity contribution in [1.82, 2.24) is 0 Å². The average molecular weight is 290 g/mol. The molecule has 1 atom stereocenters. The molecule has 5 nitrogen and oxygen atoms in total. The van der Waals surface area contributed by atoms with Crippen LogP contribution in [0.1, 0.15) is 5.56 Å². The normalized spacial score (nSPS) is 12.2. The Balaban J connectivity index is 2.70. The third-order valence-corrected chi connectivity index (χ3v) is 2.73. The fourth-order valence-electron chi connectivity index (χ4n) is 1.16. The molecule has 1 aromatic rings. The highest BCUT2D eigenvalue weighted by molar-refractivity contribution is 9.09. The summed E-state index contributed by atoms with van der Waals surface area (Å²) in [6.07, 6.45) is -0.588. The fraction of sp³-hybridized carbons (Fsp3) is 0.400. The van der Waals surface area contributed by atoms with Gasteiger partial charge < -0.3 is 9.84 Å². The highest BCUT2D eigenvalue weighted by atomic mass is 79.9. The second-order valence-corrected chi connectivity index (χ2v) is 3.97. The molecule has 0 aliphatic heterocycles. The topological polar surface area (TPSA) is 72.6 Å². The summed E-state index contributed by atoms with van der Waals surface area (Å²) in [6, 6.07) is 4.50. The molecule has 0 aromatic heterocycles. The molecule has 1 aromatic carbocycles. The molecular formula is C10H12BrNO4. The second-order valence-electron chi connectivity index (χ2n) is 3.32. The Labute approximate surface area is 101 Å². The zero-order valence-electron chi connectivity index (χ0n) is 8.72. The van der Waals surface area contributed by atoms with E-state index < -0.39 is 11.0 Å². The van der Waals surface area contributed by atoms with Crippen LogP contribution in [0.25, 0.3) is 0 Å². The first-order valence-corrected chi connectivity index (χ1v) is 5.78. The fourth-order valence-corrected chi connectivity index (χ4v) is 1.35. The molecule has 0 saturated carbocycles. The van der Waals surface area contributed by atoms with Crippen LogP contribution in [0.5, 0.6) is 5.75 Å². The minimum absolute atomic E-state index is 0.0633. The lowest BCUT2D eigenvalue weighted by molar-refractivity contribution is -0.385. The van der Waals surface area contributed by atoms with Crippen molar-refractivity contribution in [3.8, 4) is 5.75 Å². The number of ether oxygens (including phenoxy) is 1. The number of aliphatic hydroxyl groups is 1. The molecule has 0 heterocycles. The number of halogens is 1. The van der Waals surface area contributed by atoms with Crippen molar-refractivity contribution in [2.75, 3.05) is 11.9 Å². The molecule has 0 aliphatic carbocycles. The van der Waals surface area contributed by atoms with Crippen molar-refractivity contribution >= 4 is 21.6 Å². The molecule has 0 spiro atoms. The van der Waals surface area contributed by atoms with Crippen LogP contribution in [0, 0.1) is 17.0 Å². The third kappa shape index (κ3) is 3.46. The van der Waals surface area contributed by atoms with E-state index >= 15 is 0 Å². The Morgan fingerprint density at radius 3 is 2.81 bits per heavy atom. The summed E-state index contributed by atoms with van der Waals surface area (Å²) in [7, 11) is 0. The van der Waals surface area contributed by atoms with Gasteiger partial charge >= 0.3 is 0 Å². The van der Waals surface area contributed by atoms with Crippen LogP contribution >= 0.6 is 15.9 Å². The third-order valence-electron chi connectivity index (χ3n) is 1.99. The monoisotopic (exact) mass is 289 g/mol. The maximum Gasteiger partial charge on any atom is 0.272 e. The van der Waals surface area contributed by atoms with Gasteiger partial charge in [-0.1, -0.05) is 15.9 Å². The predicted molar refractivity (Wildman–Crippen MR) is 63.1 cm³/mol. The number of hydrogen-bond donors (Lipinski definition) is 1. The maximum absolute atomic E-state index is 10.6. The minimum atomic E-state index is -0.588. The largest absolute Gasteiger partial charge is 0.491 e. The van der Waals surface area contributed by atoms with Crippen molar-refractivity contribution in [3.63, 3.8) is 0 Å². The number of benzene rings is 1. The summed E-state index contributed by atoms with van der Waals surface area (Å²) >= 11 is 3.11. The van der Waals surface area contributed by atoms with Crippen molar-refractivity contribution in [2.45, 2.75) is 13.0 Å². The van der Waals surface area contributed by atoms with Gasteiger partial charge in [0.1, 0.15) is 12.4 Å². The van der Waals surface area contributed by atoms with E-state index in [-0.39, 0.29) is 12.3 Å². The van der Waals surface area contributed by atoms with Gasteiger partial charge in [-0.25, -0.2) is 0 Å². The Kier molecular flexibility index (Phi) is 4.70. The van der Waals surface area contributed by atoms with E-state index in [9.17, 15) is 15.2 Å². The van der Waals surface area contributed by atoms with Gasteiger partial charge in [0.25, 0.3) is 5.69 Å². The van der Waals surface area contributed by atoms with E-state index in [0.717, 1.165) is 0 Å².